The SMILES string of the molecule is CC(C)n1ccnc1-c1c(F)c(F)c(F)c(F)c1F. The van der Waals surface area contributed by atoms with E-state index in [1.165, 1.54) is 17.0 Å². The van der Waals surface area contributed by atoms with Gasteiger partial charge in [0.15, 0.2) is 23.3 Å². The number of benzene rings is 1. The number of halogens is 5. The molecule has 0 atom stereocenters. The molecule has 0 saturated carbocycles. The Kier molecular flexibility index (Phi) is 3.30. The van der Waals surface area contributed by atoms with Crippen LogP contribution in [0.1, 0.15) is 19.9 Å². The Morgan fingerprint density at radius 3 is 1.84 bits per heavy atom. The van der Waals surface area contributed by atoms with Crippen molar-refractivity contribution in [2.24, 2.45) is 0 Å². The number of aromatic nitrogens is 2. The molecule has 2 nitrogen and oxygen atoms in total. The van der Waals surface area contributed by atoms with Crippen LogP contribution < -0.4 is 0 Å². The van der Waals surface area contributed by atoms with Crippen LogP contribution in [0.15, 0.2) is 12.4 Å². The topological polar surface area (TPSA) is 17.8 Å². The van der Waals surface area contributed by atoms with Crippen LogP contribution in [0.5, 0.6) is 0 Å². The van der Waals surface area contributed by atoms with Crippen molar-refractivity contribution in [3.8, 4) is 11.4 Å². The number of nitrogens with zero attached hydrogens (tertiary/aromatic N) is 2. The largest absolute Gasteiger partial charge is 0.328 e. The molecule has 1 aromatic carbocycles. The highest BCUT2D eigenvalue weighted by Crippen LogP contribution is 2.31. The van der Waals surface area contributed by atoms with Crippen LogP contribution in [0.3, 0.4) is 0 Å². The van der Waals surface area contributed by atoms with Crippen molar-refractivity contribution in [2.45, 2.75) is 19.9 Å². The van der Waals surface area contributed by atoms with Gasteiger partial charge in [-0.15, -0.1) is 0 Å². The lowest BCUT2D eigenvalue weighted by atomic mass is 10.1. The van der Waals surface area contributed by atoms with E-state index in [1.54, 1.807) is 13.8 Å². The third kappa shape index (κ3) is 1.98. The molecule has 0 amide bonds. The summed E-state index contributed by atoms with van der Waals surface area (Å²) in [4.78, 5) is 3.67. The normalized spacial score (nSPS) is 11.4. The minimum Gasteiger partial charge on any atom is -0.328 e. The van der Waals surface area contributed by atoms with Gasteiger partial charge in [-0.25, -0.2) is 26.9 Å². The van der Waals surface area contributed by atoms with Crippen LogP contribution in [-0.2, 0) is 0 Å². The molecule has 0 bridgehead atoms. The predicted molar refractivity (Wildman–Crippen MR) is 57.8 cm³/mol. The Morgan fingerprint density at radius 1 is 0.895 bits per heavy atom. The van der Waals surface area contributed by atoms with E-state index < -0.39 is 34.6 Å². The van der Waals surface area contributed by atoms with Crippen molar-refractivity contribution >= 4 is 0 Å². The van der Waals surface area contributed by atoms with Gasteiger partial charge in [0.05, 0.1) is 5.56 Å². The second-order valence-corrected chi connectivity index (χ2v) is 4.20. The molecule has 0 aliphatic carbocycles. The van der Waals surface area contributed by atoms with Crippen LogP contribution in [0.2, 0.25) is 0 Å². The van der Waals surface area contributed by atoms with Gasteiger partial charge in [-0.3, -0.25) is 0 Å². The van der Waals surface area contributed by atoms with Gasteiger partial charge in [0, 0.05) is 18.4 Å². The fourth-order valence-electron chi connectivity index (χ4n) is 1.72. The molecular formula is C12H9F5N2. The maximum atomic E-state index is 13.6. The second kappa shape index (κ2) is 4.64. The van der Waals surface area contributed by atoms with Crippen molar-refractivity contribution < 1.29 is 22.0 Å². The van der Waals surface area contributed by atoms with E-state index in [0.717, 1.165) is 0 Å². The summed E-state index contributed by atoms with van der Waals surface area (Å²) < 4.78 is 67.8. The first kappa shape index (κ1) is 13.5. The van der Waals surface area contributed by atoms with E-state index in [-0.39, 0.29) is 11.9 Å². The quantitative estimate of drug-likeness (QED) is 0.463. The van der Waals surface area contributed by atoms with E-state index in [0.29, 0.717) is 0 Å². The molecule has 0 aliphatic rings. The van der Waals surface area contributed by atoms with E-state index in [9.17, 15) is 22.0 Å². The summed E-state index contributed by atoms with van der Waals surface area (Å²) in [6.07, 6.45) is 2.63. The van der Waals surface area contributed by atoms with Crippen molar-refractivity contribution in [3.05, 3.63) is 41.5 Å². The standard InChI is InChI=1S/C12H9F5N2/c1-5(2)19-4-3-18-12(19)6-7(13)9(15)11(17)10(16)8(6)14/h3-5H,1-2H3. The summed E-state index contributed by atoms with van der Waals surface area (Å²) in [5, 5.41) is 0. The first-order chi connectivity index (χ1) is 8.86. The summed E-state index contributed by atoms with van der Waals surface area (Å²) in [6.45, 7) is 3.38. The van der Waals surface area contributed by atoms with Gasteiger partial charge >= 0.3 is 0 Å². The molecule has 2 rings (SSSR count). The molecule has 0 radical (unpaired) electrons. The van der Waals surface area contributed by atoms with Gasteiger partial charge in [0.25, 0.3) is 0 Å². The predicted octanol–water partition coefficient (Wildman–Crippen LogP) is 3.83. The molecule has 0 fully saturated rings. The number of rotatable bonds is 2. The number of hydrogen-bond donors (Lipinski definition) is 0. The molecule has 7 heteroatoms. The van der Waals surface area contributed by atoms with Crippen LogP contribution in [0.25, 0.3) is 11.4 Å². The Balaban J connectivity index is 2.80. The summed E-state index contributed by atoms with van der Waals surface area (Å²) in [6, 6.07) is -0.243. The molecule has 19 heavy (non-hydrogen) atoms. The minimum absolute atomic E-state index is 0.243. The average Bonchev–Trinajstić information content (AvgIpc) is 2.83. The zero-order valence-electron chi connectivity index (χ0n) is 10.0. The Labute approximate surface area is 105 Å². The molecular weight excluding hydrogens is 267 g/mol. The summed E-state index contributed by atoms with van der Waals surface area (Å²) in [5.74, 6) is -10.2. The number of hydrogen-bond acceptors (Lipinski definition) is 1. The van der Waals surface area contributed by atoms with Gasteiger partial charge < -0.3 is 4.57 Å². The lowest BCUT2D eigenvalue weighted by Gasteiger charge is -2.13. The fourth-order valence-corrected chi connectivity index (χ4v) is 1.72. The summed E-state index contributed by atoms with van der Waals surface area (Å²) in [7, 11) is 0. The van der Waals surface area contributed by atoms with Crippen LogP contribution in [0, 0.1) is 29.1 Å². The molecule has 0 unspecified atom stereocenters. The highest BCUT2D eigenvalue weighted by atomic mass is 19.2. The zero-order valence-corrected chi connectivity index (χ0v) is 10.0. The Hall–Kier alpha value is -1.92. The Bertz CT molecular complexity index is 604. The molecule has 0 N–H and O–H groups in total. The highest BCUT2D eigenvalue weighted by molar-refractivity contribution is 5.58. The second-order valence-electron chi connectivity index (χ2n) is 4.20. The lowest BCUT2D eigenvalue weighted by molar-refractivity contribution is 0.380. The first-order valence-electron chi connectivity index (χ1n) is 5.40. The van der Waals surface area contributed by atoms with Crippen molar-refractivity contribution in [1.29, 1.82) is 0 Å². The third-order valence-corrected chi connectivity index (χ3v) is 2.66. The number of imidazole rings is 1. The van der Waals surface area contributed by atoms with Gasteiger partial charge in [-0.2, -0.15) is 0 Å². The molecule has 0 saturated heterocycles. The maximum Gasteiger partial charge on any atom is 0.200 e. The maximum absolute atomic E-state index is 13.6. The summed E-state index contributed by atoms with van der Waals surface area (Å²) in [5.41, 5.74) is -1.02. The fraction of sp³-hybridized carbons (Fsp3) is 0.250. The average molecular weight is 276 g/mol. The third-order valence-electron chi connectivity index (χ3n) is 2.66. The van der Waals surface area contributed by atoms with Gasteiger partial charge in [0.2, 0.25) is 5.82 Å². The van der Waals surface area contributed by atoms with Gasteiger partial charge in [-0.1, -0.05) is 0 Å². The van der Waals surface area contributed by atoms with Crippen molar-refractivity contribution in [2.75, 3.05) is 0 Å². The highest BCUT2D eigenvalue weighted by Gasteiger charge is 2.29. The van der Waals surface area contributed by atoms with E-state index in [2.05, 4.69) is 4.98 Å². The van der Waals surface area contributed by atoms with Crippen LogP contribution >= 0.6 is 0 Å². The van der Waals surface area contributed by atoms with Gasteiger partial charge in [0.1, 0.15) is 5.82 Å². The van der Waals surface area contributed by atoms with Crippen molar-refractivity contribution in [3.63, 3.8) is 0 Å². The van der Waals surface area contributed by atoms with Gasteiger partial charge in [-0.05, 0) is 13.8 Å². The van der Waals surface area contributed by atoms with E-state index >= 15 is 0 Å². The van der Waals surface area contributed by atoms with E-state index in [1.807, 2.05) is 0 Å². The van der Waals surface area contributed by atoms with Crippen LogP contribution in [0.4, 0.5) is 22.0 Å². The Morgan fingerprint density at radius 2 is 1.37 bits per heavy atom. The molecule has 1 aromatic heterocycles. The van der Waals surface area contributed by atoms with E-state index in [4.69, 9.17) is 0 Å². The molecule has 2 aromatic rings. The smallest absolute Gasteiger partial charge is 0.200 e. The molecule has 1 heterocycles. The summed E-state index contributed by atoms with van der Waals surface area (Å²) >= 11 is 0. The van der Waals surface area contributed by atoms with Crippen LogP contribution in [-0.4, -0.2) is 9.55 Å². The molecule has 0 aliphatic heterocycles. The monoisotopic (exact) mass is 276 g/mol. The molecule has 102 valence electrons. The minimum atomic E-state index is -2.18. The molecule has 0 spiro atoms. The lowest BCUT2D eigenvalue weighted by Crippen LogP contribution is -2.09. The zero-order chi connectivity index (χ0) is 14.3. The first-order valence-corrected chi connectivity index (χ1v) is 5.40. The van der Waals surface area contributed by atoms with Crippen molar-refractivity contribution in [1.82, 2.24) is 9.55 Å².